The van der Waals surface area contributed by atoms with E-state index in [0.29, 0.717) is 23.5 Å². The van der Waals surface area contributed by atoms with Crippen molar-refractivity contribution in [3.05, 3.63) is 117 Å². The summed E-state index contributed by atoms with van der Waals surface area (Å²) in [6, 6.07) is 23.4. The Balaban J connectivity index is 0.000000193. The molecule has 0 aliphatic heterocycles. The molecule has 0 radical (unpaired) electrons. The zero-order valence-corrected chi connectivity index (χ0v) is 23.0. The van der Waals surface area contributed by atoms with E-state index in [9.17, 15) is 26.3 Å². The zero-order chi connectivity index (χ0) is 28.2. The first-order valence-corrected chi connectivity index (χ1v) is 12.9. The molecule has 2 N–H and O–H groups in total. The minimum absolute atomic E-state index is 0.208. The van der Waals surface area contributed by atoms with Crippen LogP contribution in [0.2, 0.25) is 0 Å². The Hall–Kier alpha value is -3.38. The SMILES string of the molecule is FC(F)(F)c1c[n+](Cc2ccccc2)c(-c2ccc(Br)cc2)[nH]1.FC(F)(F)c1cnc(-c2ccc(Br)cc2)[nH]1. The topological polar surface area (TPSA) is 48.4 Å². The fourth-order valence-corrected chi connectivity index (χ4v) is 4.10. The van der Waals surface area contributed by atoms with Crippen LogP contribution in [0.25, 0.3) is 22.8 Å². The monoisotopic (exact) mass is 671 g/mol. The van der Waals surface area contributed by atoms with Crippen molar-refractivity contribution in [3.63, 3.8) is 0 Å². The van der Waals surface area contributed by atoms with Gasteiger partial charge in [-0.3, -0.25) is 0 Å². The maximum atomic E-state index is 13.0. The minimum atomic E-state index is -4.41. The molecule has 202 valence electrons. The summed E-state index contributed by atoms with van der Waals surface area (Å²) in [6.07, 6.45) is -6.89. The molecule has 2 aromatic heterocycles. The van der Waals surface area contributed by atoms with Crippen molar-refractivity contribution in [2.45, 2.75) is 18.9 Å². The Labute approximate surface area is 236 Å². The van der Waals surface area contributed by atoms with Crippen LogP contribution < -0.4 is 4.57 Å². The van der Waals surface area contributed by atoms with Crippen molar-refractivity contribution in [2.75, 3.05) is 0 Å². The highest BCUT2D eigenvalue weighted by atomic mass is 79.9. The van der Waals surface area contributed by atoms with Crippen LogP contribution in [0.5, 0.6) is 0 Å². The number of H-pyrrole nitrogens is 2. The Morgan fingerprint density at radius 2 is 1.21 bits per heavy atom. The van der Waals surface area contributed by atoms with Gasteiger partial charge >= 0.3 is 12.4 Å². The number of aromatic amines is 2. The summed E-state index contributed by atoms with van der Waals surface area (Å²) in [5.41, 5.74) is 0.638. The molecule has 0 saturated heterocycles. The van der Waals surface area contributed by atoms with Gasteiger partial charge < -0.3 is 4.98 Å². The highest BCUT2D eigenvalue weighted by Gasteiger charge is 2.39. The highest BCUT2D eigenvalue weighted by molar-refractivity contribution is 9.10. The fourth-order valence-electron chi connectivity index (χ4n) is 3.57. The molecule has 5 aromatic rings. The van der Waals surface area contributed by atoms with Gasteiger partial charge in [0, 0.05) is 14.5 Å². The zero-order valence-electron chi connectivity index (χ0n) is 19.8. The molecule has 12 heteroatoms. The lowest BCUT2D eigenvalue weighted by Gasteiger charge is -2.01. The third-order valence-electron chi connectivity index (χ3n) is 5.44. The van der Waals surface area contributed by atoms with E-state index in [4.69, 9.17) is 0 Å². The van der Waals surface area contributed by atoms with Gasteiger partial charge in [-0.15, -0.1) is 0 Å². The standard InChI is InChI=1S/C17H12BrF3N2.C10H6BrF3N2/c18-14-8-6-13(7-9-14)16-22-15(17(19,20)21)11-23(16)10-12-4-2-1-3-5-12;11-7-3-1-6(2-4-7)9-15-5-8(16-9)10(12,13)14/h1-9,11H,10H2;1-5H,(H,15,16)/p+1. The van der Waals surface area contributed by atoms with E-state index in [2.05, 4.69) is 46.8 Å². The van der Waals surface area contributed by atoms with E-state index < -0.39 is 23.7 Å². The van der Waals surface area contributed by atoms with E-state index in [1.807, 2.05) is 30.3 Å². The number of nitrogens with one attached hydrogen (secondary N) is 2. The number of imidazole rings is 2. The van der Waals surface area contributed by atoms with Crippen LogP contribution in [0, 0.1) is 0 Å². The molecule has 39 heavy (non-hydrogen) atoms. The molecule has 0 aliphatic carbocycles. The average molecular weight is 673 g/mol. The van der Waals surface area contributed by atoms with E-state index in [1.165, 1.54) is 0 Å². The van der Waals surface area contributed by atoms with E-state index in [-0.39, 0.29) is 5.82 Å². The Bertz CT molecular complexity index is 1510. The lowest BCUT2D eigenvalue weighted by atomic mass is 10.2. The normalized spacial score (nSPS) is 11.7. The number of rotatable bonds is 4. The first kappa shape index (κ1) is 28.6. The summed E-state index contributed by atoms with van der Waals surface area (Å²) in [6.45, 7) is 0.360. The summed E-state index contributed by atoms with van der Waals surface area (Å²) in [4.78, 5) is 8.43. The number of aromatic nitrogens is 4. The first-order chi connectivity index (χ1) is 18.4. The number of hydrogen-bond donors (Lipinski definition) is 2. The quantitative estimate of drug-likeness (QED) is 0.146. The third-order valence-corrected chi connectivity index (χ3v) is 6.50. The third kappa shape index (κ3) is 7.60. The molecule has 2 heterocycles. The second kappa shape index (κ2) is 11.8. The van der Waals surface area contributed by atoms with Crippen molar-refractivity contribution >= 4 is 31.9 Å². The summed E-state index contributed by atoms with van der Waals surface area (Å²) in [5.74, 6) is 0.633. The predicted octanol–water partition coefficient (Wildman–Crippen LogP) is 8.66. The van der Waals surface area contributed by atoms with Crippen LogP contribution in [0.3, 0.4) is 0 Å². The van der Waals surface area contributed by atoms with E-state index >= 15 is 0 Å². The summed E-state index contributed by atoms with van der Waals surface area (Å²) in [5, 5.41) is 0. The molecule has 0 aliphatic rings. The number of benzene rings is 3. The van der Waals surface area contributed by atoms with Crippen molar-refractivity contribution in [1.29, 1.82) is 0 Å². The van der Waals surface area contributed by atoms with Crippen molar-refractivity contribution in [2.24, 2.45) is 0 Å². The van der Waals surface area contributed by atoms with Crippen molar-refractivity contribution < 1.29 is 30.9 Å². The molecule has 0 unspecified atom stereocenters. The molecule has 0 atom stereocenters. The molecule has 0 spiro atoms. The molecule has 3 aromatic carbocycles. The van der Waals surface area contributed by atoms with Crippen LogP contribution in [0.1, 0.15) is 17.0 Å². The summed E-state index contributed by atoms with van der Waals surface area (Å²) >= 11 is 6.57. The van der Waals surface area contributed by atoms with Crippen molar-refractivity contribution in [3.8, 4) is 22.8 Å². The van der Waals surface area contributed by atoms with Gasteiger partial charge in [-0.05, 0) is 42.0 Å². The van der Waals surface area contributed by atoms with E-state index in [0.717, 1.165) is 26.9 Å². The molecular weight excluding hydrogens is 654 g/mol. The van der Waals surface area contributed by atoms with Crippen LogP contribution in [0.4, 0.5) is 26.3 Å². The van der Waals surface area contributed by atoms with E-state index in [1.54, 1.807) is 53.1 Å². The fraction of sp³-hybridized carbons (Fsp3) is 0.111. The molecular formula is C27H19Br2F6N4+. The molecule has 4 nitrogen and oxygen atoms in total. The van der Waals surface area contributed by atoms with Gasteiger partial charge in [-0.2, -0.15) is 26.3 Å². The van der Waals surface area contributed by atoms with Crippen LogP contribution in [-0.4, -0.2) is 15.0 Å². The summed E-state index contributed by atoms with van der Waals surface area (Å²) < 4.78 is 79.4. The maximum absolute atomic E-state index is 13.0. The van der Waals surface area contributed by atoms with Gasteiger partial charge in [0.2, 0.25) is 5.69 Å². The number of alkyl halides is 6. The van der Waals surface area contributed by atoms with Gasteiger partial charge in [0.25, 0.3) is 5.82 Å². The van der Waals surface area contributed by atoms with Gasteiger partial charge in [-0.25, -0.2) is 14.5 Å². The second-order valence-corrected chi connectivity index (χ2v) is 10.1. The molecule has 0 bridgehead atoms. The summed E-state index contributed by atoms with van der Waals surface area (Å²) in [7, 11) is 0. The minimum Gasteiger partial charge on any atom is -0.334 e. The Morgan fingerprint density at radius 3 is 1.72 bits per heavy atom. The Kier molecular flexibility index (Phi) is 8.65. The number of nitrogens with zero attached hydrogens (tertiary/aromatic N) is 2. The van der Waals surface area contributed by atoms with Crippen LogP contribution in [0.15, 0.2) is 100 Å². The van der Waals surface area contributed by atoms with Gasteiger partial charge in [0.15, 0.2) is 0 Å². The Morgan fingerprint density at radius 1 is 0.667 bits per heavy atom. The second-order valence-electron chi connectivity index (χ2n) is 8.28. The van der Waals surface area contributed by atoms with Gasteiger partial charge in [0.05, 0.1) is 11.8 Å². The molecule has 0 amide bonds. The first-order valence-electron chi connectivity index (χ1n) is 11.3. The smallest absolute Gasteiger partial charge is 0.334 e. The van der Waals surface area contributed by atoms with Gasteiger partial charge in [-0.1, -0.05) is 74.3 Å². The van der Waals surface area contributed by atoms with Crippen molar-refractivity contribution in [1.82, 2.24) is 15.0 Å². The van der Waals surface area contributed by atoms with Crippen LogP contribution in [-0.2, 0) is 18.9 Å². The maximum Gasteiger partial charge on any atom is 0.457 e. The van der Waals surface area contributed by atoms with Gasteiger partial charge in [0.1, 0.15) is 24.3 Å². The molecule has 5 rings (SSSR count). The lowest BCUT2D eigenvalue weighted by molar-refractivity contribution is -0.676. The largest absolute Gasteiger partial charge is 0.457 e. The van der Waals surface area contributed by atoms with Crippen LogP contribution >= 0.6 is 31.9 Å². The molecule has 0 fully saturated rings. The average Bonchev–Trinajstić information content (AvgIpc) is 3.54. The lowest BCUT2D eigenvalue weighted by Crippen LogP contribution is -2.34. The highest BCUT2D eigenvalue weighted by Crippen LogP contribution is 2.30. The number of halogens is 8. The number of hydrogen-bond acceptors (Lipinski definition) is 1. The molecule has 0 saturated carbocycles. The predicted molar refractivity (Wildman–Crippen MR) is 141 cm³/mol.